The lowest BCUT2D eigenvalue weighted by Gasteiger charge is -2.33. The van der Waals surface area contributed by atoms with Gasteiger partial charge in [-0.1, -0.05) is 0 Å². The van der Waals surface area contributed by atoms with Crippen molar-refractivity contribution in [3.8, 4) is 5.69 Å². The molecule has 1 atom stereocenters. The molecule has 9 heteroatoms. The number of non-ortho nitro benzene ring substituents is 1. The molecule has 1 fully saturated rings. The minimum atomic E-state index is -0.472. The lowest BCUT2D eigenvalue weighted by molar-refractivity contribution is -0.384. The molecule has 2 aromatic carbocycles. The fourth-order valence-electron chi connectivity index (χ4n) is 4.01. The number of piperidine rings is 1. The van der Waals surface area contributed by atoms with Crippen molar-refractivity contribution >= 4 is 23.2 Å². The molecule has 1 aromatic heterocycles. The molecular formula is C24H25N5O4. The summed E-state index contributed by atoms with van der Waals surface area (Å²) in [5.41, 5.74) is 2.95. The Morgan fingerprint density at radius 1 is 1.12 bits per heavy atom. The molecule has 1 unspecified atom stereocenters. The van der Waals surface area contributed by atoms with Gasteiger partial charge in [0.25, 0.3) is 17.5 Å². The van der Waals surface area contributed by atoms with Crippen LogP contribution in [0.4, 0.5) is 11.4 Å². The highest BCUT2D eigenvalue weighted by molar-refractivity contribution is 6.05. The maximum absolute atomic E-state index is 12.9. The Morgan fingerprint density at radius 2 is 1.88 bits per heavy atom. The number of rotatable bonds is 5. The molecule has 0 aliphatic carbocycles. The van der Waals surface area contributed by atoms with Crippen LogP contribution < -0.4 is 5.32 Å². The van der Waals surface area contributed by atoms with Crippen LogP contribution in [0.1, 0.15) is 52.5 Å². The monoisotopic (exact) mass is 447 g/mol. The first-order valence-electron chi connectivity index (χ1n) is 10.9. The van der Waals surface area contributed by atoms with Gasteiger partial charge in [0, 0.05) is 42.2 Å². The van der Waals surface area contributed by atoms with Gasteiger partial charge in [0.1, 0.15) is 0 Å². The number of hydrogen-bond acceptors (Lipinski definition) is 5. The number of anilines is 1. The second-order valence-corrected chi connectivity index (χ2v) is 8.27. The lowest BCUT2D eigenvalue weighted by atomic mass is 10.0. The maximum Gasteiger partial charge on any atom is 0.269 e. The zero-order valence-corrected chi connectivity index (χ0v) is 18.5. The summed E-state index contributed by atoms with van der Waals surface area (Å²) in [6.45, 7) is 4.71. The number of amides is 2. The van der Waals surface area contributed by atoms with Crippen molar-refractivity contribution in [1.29, 1.82) is 0 Å². The van der Waals surface area contributed by atoms with Gasteiger partial charge in [-0.3, -0.25) is 19.7 Å². The zero-order valence-electron chi connectivity index (χ0n) is 18.5. The van der Waals surface area contributed by atoms with Gasteiger partial charge >= 0.3 is 0 Å². The van der Waals surface area contributed by atoms with E-state index in [1.165, 1.54) is 23.0 Å². The number of aryl methyl sites for hydroxylation is 1. The van der Waals surface area contributed by atoms with Gasteiger partial charge in [0.2, 0.25) is 0 Å². The molecule has 1 saturated heterocycles. The van der Waals surface area contributed by atoms with E-state index in [2.05, 4.69) is 17.3 Å². The van der Waals surface area contributed by atoms with Crippen molar-refractivity contribution in [3.63, 3.8) is 0 Å². The van der Waals surface area contributed by atoms with Gasteiger partial charge < -0.3 is 10.2 Å². The van der Waals surface area contributed by atoms with Gasteiger partial charge in [0.15, 0.2) is 0 Å². The topological polar surface area (TPSA) is 110 Å². The molecule has 1 aliphatic heterocycles. The van der Waals surface area contributed by atoms with Crippen LogP contribution in [0, 0.1) is 17.0 Å². The number of carbonyl (C=O) groups excluding carboxylic acids is 2. The summed E-state index contributed by atoms with van der Waals surface area (Å²) >= 11 is 0. The molecule has 0 spiro atoms. The quantitative estimate of drug-likeness (QED) is 0.462. The average Bonchev–Trinajstić information content (AvgIpc) is 3.31. The van der Waals surface area contributed by atoms with Crippen molar-refractivity contribution in [2.75, 3.05) is 11.9 Å². The number of benzene rings is 2. The summed E-state index contributed by atoms with van der Waals surface area (Å²) in [6, 6.07) is 11.4. The molecule has 4 rings (SSSR count). The smallest absolute Gasteiger partial charge is 0.269 e. The number of carbonyl (C=O) groups is 2. The Balaban J connectivity index is 1.45. The molecule has 9 nitrogen and oxygen atoms in total. The molecule has 33 heavy (non-hydrogen) atoms. The molecular weight excluding hydrogens is 422 g/mol. The van der Waals surface area contributed by atoms with Crippen molar-refractivity contribution in [2.24, 2.45) is 0 Å². The summed E-state index contributed by atoms with van der Waals surface area (Å²) in [6.07, 6.45) is 6.18. The second-order valence-electron chi connectivity index (χ2n) is 8.27. The van der Waals surface area contributed by atoms with E-state index in [-0.39, 0.29) is 23.5 Å². The molecule has 0 radical (unpaired) electrons. The van der Waals surface area contributed by atoms with Crippen LogP contribution in [-0.2, 0) is 0 Å². The van der Waals surface area contributed by atoms with E-state index in [1.54, 1.807) is 36.5 Å². The molecule has 170 valence electrons. The average molecular weight is 447 g/mol. The fourth-order valence-corrected chi connectivity index (χ4v) is 4.01. The Labute approximate surface area is 191 Å². The number of nitro benzene ring substituents is 1. The number of nitro groups is 1. The van der Waals surface area contributed by atoms with Gasteiger partial charge in [0.05, 0.1) is 22.4 Å². The van der Waals surface area contributed by atoms with Gasteiger partial charge in [-0.15, -0.1) is 0 Å². The van der Waals surface area contributed by atoms with Crippen molar-refractivity contribution in [2.45, 2.75) is 39.2 Å². The molecule has 1 N–H and O–H groups in total. The van der Waals surface area contributed by atoms with Crippen LogP contribution in [0.15, 0.2) is 54.9 Å². The van der Waals surface area contributed by atoms with E-state index in [0.29, 0.717) is 22.5 Å². The highest BCUT2D eigenvalue weighted by Crippen LogP contribution is 2.23. The Kier molecular flexibility index (Phi) is 6.21. The van der Waals surface area contributed by atoms with Crippen LogP contribution in [0.25, 0.3) is 5.69 Å². The third-order valence-corrected chi connectivity index (χ3v) is 5.96. The lowest BCUT2D eigenvalue weighted by Crippen LogP contribution is -2.42. The molecule has 3 aromatic rings. The zero-order chi connectivity index (χ0) is 23.5. The maximum atomic E-state index is 12.9. The molecule has 2 heterocycles. The Hall–Kier alpha value is -4.01. The molecule has 0 bridgehead atoms. The molecule has 2 amide bonds. The summed E-state index contributed by atoms with van der Waals surface area (Å²) in [5.74, 6) is -0.317. The SMILES string of the molecule is Cc1cc(C(=O)N2CCCCC2C)ccc1NC(=O)c1cnn(-c2ccc([N+](=O)[O-])cc2)c1. The van der Waals surface area contributed by atoms with E-state index in [9.17, 15) is 19.7 Å². The number of likely N-dealkylation sites (tertiary alicyclic amines) is 1. The van der Waals surface area contributed by atoms with E-state index < -0.39 is 4.92 Å². The highest BCUT2D eigenvalue weighted by Gasteiger charge is 2.24. The third-order valence-electron chi connectivity index (χ3n) is 5.96. The summed E-state index contributed by atoms with van der Waals surface area (Å²) in [5, 5.41) is 17.8. The third kappa shape index (κ3) is 4.77. The van der Waals surface area contributed by atoms with Crippen LogP contribution in [0.5, 0.6) is 0 Å². The van der Waals surface area contributed by atoms with Gasteiger partial charge in [-0.2, -0.15) is 5.10 Å². The van der Waals surface area contributed by atoms with Crippen LogP contribution in [0.3, 0.4) is 0 Å². The molecule has 1 aliphatic rings. The van der Waals surface area contributed by atoms with Crippen molar-refractivity contribution in [1.82, 2.24) is 14.7 Å². The minimum absolute atomic E-state index is 0.0176. The second kappa shape index (κ2) is 9.23. The van der Waals surface area contributed by atoms with Crippen LogP contribution in [-0.4, -0.2) is 44.0 Å². The Bertz CT molecular complexity index is 1200. The predicted molar refractivity (Wildman–Crippen MR) is 124 cm³/mol. The van der Waals surface area contributed by atoms with E-state index in [1.807, 2.05) is 11.8 Å². The van der Waals surface area contributed by atoms with E-state index in [0.717, 1.165) is 31.4 Å². The molecule has 0 saturated carbocycles. The largest absolute Gasteiger partial charge is 0.336 e. The standard InChI is InChI=1S/C24H25N5O4/c1-16-13-18(24(31)27-12-4-3-5-17(27)2)6-11-22(16)26-23(30)19-14-25-28(15-19)20-7-9-21(10-8-20)29(32)33/h6-11,13-15,17H,3-5,12H2,1-2H3,(H,26,30). The Morgan fingerprint density at radius 3 is 2.55 bits per heavy atom. The first-order valence-corrected chi connectivity index (χ1v) is 10.9. The van der Waals surface area contributed by atoms with Crippen LogP contribution >= 0.6 is 0 Å². The number of hydrogen-bond donors (Lipinski definition) is 1. The number of nitrogens with zero attached hydrogens (tertiary/aromatic N) is 4. The summed E-state index contributed by atoms with van der Waals surface area (Å²) in [7, 11) is 0. The predicted octanol–water partition coefficient (Wildman–Crippen LogP) is 4.36. The van der Waals surface area contributed by atoms with Gasteiger partial charge in [-0.25, -0.2) is 4.68 Å². The van der Waals surface area contributed by atoms with E-state index in [4.69, 9.17) is 0 Å². The van der Waals surface area contributed by atoms with E-state index >= 15 is 0 Å². The normalized spacial score (nSPS) is 15.8. The van der Waals surface area contributed by atoms with Crippen molar-refractivity contribution < 1.29 is 14.5 Å². The number of nitrogens with one attached hydrogen (secondary N) is 1. The van der Waals surface area contributed by atoms with Crippen LogP contribution in [0.2, 0.25) is 0 Å². The summed E-state index contributed by atoms with van der Waals surface area (Å²) in [4.78, 5) is 37.9. The summed E-state index contributed by atoms with van der Waals surface area (Å²) < 4.78 is 1.48. The van der Waals surface area contributed by atoms with Gasteiger partial charge in [-0.05, 0) is 69.0 Å². The first-order chi connectivity index (χ1) is 15.8. The first kappa shape index (κ1) is 22.2. The number of aromatic nitrogens is 2. The van der Waals surface area contributed by atoms with Crippen molar-refractivity contribution in [3.05, 3.63) is 81.7 Å². The highest BCUT2D eigenvalue weighted by atomic mass is 16.6. The fraction of sp³-hybridized carbons (Fsp3) is 0.292. The minimum Gasteiger partial charge on any atom is -0.336 e.